The lowest BCUT2D eigenvalue weighted by Crippen LogP contribution is -2.29. The number of anilines is 2. The van der Waals surface area contributed by atoms with Crippen LogP contribution in [0, 0.1) is 17.7 Å². The fourth-order valence-corrected chi connectivity index (χ4v) is 2.93. The van der Waals surface area contributed by atoms with Gasteiger partial charge in [0, 0.05) is 28.7 Å². The molecule has 0 saturated heterocycles. The number of nitrogens with one attached hydrogen (secondary N) is 1. The zero-order chi connectivity index (χ0) is 22.5. The first-order valence-corrected chi connectivity index (χ1v) is 9.98. The van der Waals surface area contributed by atoms with Crippen LogP contribution in [0.1, 0.15) is 12.5 Å². The summed E-state index contributed by atoms with van der Waals surface area (Å²) in [7, 11) is 0. The number of aromatic nitrogens is 2. The second-order valence-corrected chi connectivity index (χ2v) is 7.24. The molecule has 4 N–H and O–H groups in total. The standard InChI is InChI=1S/C25H21FN4O2/c1-16(27)24(31)12-6-17-5-11-23-22(13-17)25(29-15-28-23)30-19-7-9-20(10-8-19)32-21-4-2-3-18(26)14-21/h2-5,7-11,13-16,24,31H,27H2,1H3,(H,28,29,30). The molecule has 6 nitrogen and oxygen atoms in total. The van der Waals surface area contributed by atoms with E-state index in [2.05, 4.69) is 27.1 Å². The topological polar surface area (TPSA) is 93.3 Å². The molecule has 2 atom stereocenters. The predicted molar refractivity (Wildman–Crippen MR) is 122 cm³/mol. The molecule has 0 aliphatic carbocycles. The SMILES string of the molecule is CC(N)C(O)C#Cc1ccc2ncnc(Nc3ccc(Oc4cccc(F)c4)cc3)c2c1. The van der Waals surface area contributed by atoms with Crippen molar-refractivity contribution >= 4 is 22.4 Å². The normalized spacial score (nSPS) is 12.5. The summed E-state index contributed by atoms with van der Waals surface area (Å²) in [5.41, 5.74) is 7.92. The smallest absolute Gasteiger partial charge is 0.141 e. The molecule has 4 rings (SSSR count). The van der Waals surface area contributed by atoms with E-state index in [1.165, 1.54) is 18.5 Å². The number of hydrogen-bond donors (Lipinski definition) is 3. The van der Waals surface area contributed by atoms with Crippen LogP contribution in [0.15, 0.2) is 73.1 Å². The molecule has 0 radical (unpaired) electrons. The molecular weight excluding hydrogens is 407 g/mol. The Bertz CT molecular complexity index is 1300. The highest BCUT2D eigenvalue weighted by atomic mass is 19.1. The van der Waals surface area contributed by atoms with Gasteiger partial charge in [-0.2, -0.15) is 0 Å². The van der Waals surface area contributed by atoms with Crippen molar-refractivity contribution in [2.45, 2.75) is 19.1 Å². The van der Waals surface area contributed by atoms with Crippen molar-refractivity contribution in [1.29, 1.82) is 0 Å². The van der Waals surface area contributed by atoms with Crippen LogP contribution in [0.5, 0.6) is 11.5 Å². The third-order valence-electron chi connectivity index (χ3n) is 4.65. The quantitative estimate of drug-likeness (QED) is 0.409. The third-order valence-corrected chi connectivity index (χ3v) is 4.65. The van der Waals surface area contributed by atoms with Crippen LogP contribution in [0.4, 0.5) is 15.9 Å². The Labute approximate surface area is 184 Å². The summed E-state index contributed by atoms with van der Waals surface area (Å²) >= 11 is 0. The van der Waals surface area contributed by atoms with Gasteiger partial charge < -0.3 is 20.9 Å². The zero-order valence-electron chi connectivity index (χ0n) is 17.3. The monoisotopic (exact) mass is 428 g/mol. The summed E-state index contributed by atoms with van der Waals surface area (Å²) in [4.78, 5) is 8.65. The highest BCUT2D eigenvalue weighted by Crippen LogP contribution is 2.27. The molecule has 7 heteroatoms. The Morgan fingerprint density at radius 1 is 1.03 bits per heavy atom. The van der Waals surface area contributed by atoms with Gasteiger partial charge in [-0.25, -0.2) is 14.4 Å². The van der Waals surface area contributed by atoms with Crippen LogP contribution >= 0.6 is 0 Å². The van der Waals surface area contributed by atoms with Gasteiger partial charge >= 0.3 is 0 Å². The van der Waals surface area contributed by atoms with Crippen molar-refractivity contribution in [3.63, 3.8) is 0 Å². The van der Waals surface area contributed by atoms with Crippen molar-refractivity contribution in [2.24, 2.45) is 5.73 Å². The summed E-state index contributed by atoms with van der Waals surface area (Å²) < 4.78 is 19.0. The number of hydrogen-bond acceptors (Lipinski definition) is 6. The van der Waals surface area contributed by atoms with Gasteiger partial charge in [0.05, 0.1) is 5.52 Å². The largest absolute Gasteiger partial charge is 0.457 e. The van der Waals surface area contributed by atoms with E-state index in [0.717, 1.165) is 16.6 Å². The van der Waals surface area contributed by atoms with E-state index in [-0.39, 0.29) is 5.82 Å². The number of rotatable bonds is 5. The van der Waals surface area contributed by atoms with E-state index in [9.17, 15) is 9.50 Å². The van der Waals surface area contributed by atoms with Gasteiger partial charge in [-0.1, -0.05) is 17.9 Å². The maximum absolute atomic E-state index is 13.3. The average Bonchev–Trinajstić information content (AvgIpc) is 2.79. The first-order chi connectivity index (χ1) is 15.5. The molecule has 4 aromatic rings. The van der Waals surface area contributed by atoms with Crippen LogP contribution in [-0.2, 0) is 0 Å². The molecule has 0 amide bonds. The van der Waals surface area contributed by atoms with Gasteiger partial charge in [-0.15, -0.1) is 0 Å². The van der Waals surface area contributed by atoms with E-state index in [4.69, 9.17) is 10.5 Å². The molecule has 32 heavy (non-hydrogen) atoms. The molecule has 160 valence electrons. The first kappa shape index (κ1) is 21.2. The van der Waals surface area contributed by atoms with Crippen LogP contribution in [0.3, 0.4) is 0 Å². The maximum atomic E-state index is 13.3. The van der Waals surface area contributed by atoms with Gasteiger partial charge in [-0.05, 0) is 61.5 Å². The van der Waals surface area contributed by atoms with Crippen LogP contribution in [-0.4, -0.2) is 27.2 Å². The second-order valence-electron chi connectivity index (χ2n) is 7.24. The number of benzene rings is 3. The fraction of sp³-hybridized carbons (Fsp3) is 0.120. The predicted octanol–water partition coefficient (Wildman–Crippen LogP) is 4.36. The number of nitrogens with zero attached hydrogens (tertiary/aromatic N) is 2. The van der Waals surface area contributed by atoms with Gasteiger partial charge in [0.2, 0.25) is 0 Å². The van der Waals surface area contributed by atoms with Crippen molar-refractivity contribution in [2.75, 3.05) is 5.32 Å². The van der Waals surface area contributed by atoms with Crippen LogP contribution < -0.4 is 15.8 Å². The molecule has 0 aliphatic rings. The summed E-state index contributed by atoms with van der Waals surface area (Å²) in [5, 5.41) is 13.9. The first-order valence-electron chi connectivity index (χ1n) is 9.98. The van der Waals surface area contributed by atoms with Gasteiger partial charge in [0.15, 0.2) is 0 Å². The van der Waals surface area contributed by atoms with E-state index in [0.29, 0.717) is 22.9 Å². The van der Waals surface area contributed by atoms with E-state index >= 15 is 0 Å². The molecule has 1 heterocycles. The molecule has 0 fully saturated rings. The number of aliphatic hydroxyl groups is 1. The molecule has 0 bridgehead atoms. The summed E-state index contributed by atoms with van der Waals surface area (Å²) in [5.74, 6) is 6.95. The third kappa shape index (κ3) is 5.19. The van der Waals surface area contributed by atoms with Gasteiger partial charge in [-0.3, -0.25) is 0 Å². The van der Waals surface area contributed by atoms with E-state index in [1.54, 1.807) is 31.2 Å². The van der Waals surface area contributed by atoms with Gasteiger partial charge in [0.1, 0.15) is 35.6 Å². The summed E-state index contributed by atoms with van der Waals surface area (Å²) in [6.45, 7) is 1.70. The van der Waals surface area contributed by atoms with Crippen molar-refractivity contribution in [1.82, 2.24) is 9.97 Å². The Balaban J connectivity index is 1.55. The van der Waals surface area contributed by atoms with Crippen LogP contribution in [0.2, 0.25) is 0 Å². The Morgan fingerprint density at radius 3 is 2.59 bits per heavy atom. The highest BCUT2D eigenvalue weighted by Gasteiger charge is 2.07. The lowest BCUT2D eigenvalue weighted by atomic mass is 10.1. The fourth-order valence-electron chi connectivity index (χ4n) is 2.93. The Hall–Kier alpha value is -3.99. The molecule has 1 aromatic heterocycles. The molecule has 2 unspecified atom stereocenters. The minimum absolute atomic E-state index is 0.354. The van der Waals surface area contributed by atoms with E-state index in [1.807, 2.05) is 30.3 Å². The average molecular weight is 428 g/mol. The number of aliphatic hydroxyl groups excluding tert-OH is 1. The minimum Gasteiger partial charge on any atom is -0.457 e. The minimum atomic E-state index is -0.900. The summed E-state index contributed by atoms with van der Waals surface area (Å²) in [6, 6.07) is 18.3. The van der Waals surface area contributed by atoms with Gasteiger partial charge in [0.25, 0.3) is 0 Å². The van der Waals surface area contributed by atoms with Crippen molar-refractivity contribution < 1.29 is 14.2 Å². The van der Waals surface area contributed by atoms with Crippen molar-refractivity contribution in [3.05, 3.63) is 84.4 Å². The Morgan fingerprint density at radius 2 is 1.84 bits per heavy atom. The van der Waals surface area contributed by atoms with Crippen LogP contribution in [0.25, 0.3) is 10.9 Å². The Kier molecular flexibility index (Phi) is 6.26. The lowest BCUT2D eigenvalue weighted by molar-refractivity contribution is 0.207. The maximum Gasteiger partial charge on any atom is 0.141 e. The number of fused-ring (bicyclic) bond motifs is 1. The molecule has 0 aliphatic heterocycles. The molecule has 3 aromatic carbocycles. The lowest BCUT2D eigenvalue weighted by Gasteiger charge is -2.10. The number of halogens is 1. The molecule has 0 spiro atoms. The molecular formula is C25H21FN4O2. The second kappa shape index (κ2) is 9.43. The van der Waals surface area contributed by atoms with Crippen molar-refractivity contribution in [3.8, 4) is 23.3 Å². The van der Waals surface area contributed by atoms with E-state index < -0.39 is 12.1 Å². The number of nitrogens with two attached hydrogens (primary N) is 1. The highest BCUT2D eigenvalue weighted by molar-refractivity contribution is 5.91. The molecule has 0 saturated carbocycles. The summed E-state index contributed by atoms with van der Waals surface area (Å²) in [6.07, 6.45) is 0.584. The zero-order valence-corrected chi connectivity index (χ0v) is 17.3. The number of ether oxygens (including phenoxy) is 1.